The maximum atomic E-state index is 12.1. The second kappa shape index (κ2) is 7.31. The minimum atomic E-state index is 0.0919. The Balaban J connectivity index is 2.54. The highest BCUT2D eigenvalue weighted by atomic mass is 32.2. The first-order chi connectivity index (χ1) is 8.54. The van der Waals surface area contributed by atoms with Crippen LogP contribution in [0, 0.1) is 0 Å². The van der Waals surface area contributed by atoms with Gasteiger partial charge in [0.25, 0.3) is 0 Å². The number of likely N-dealkylation sites (N-methyl/N-ethyl adjacent to an activating group) is 1. The highest BCUT2D eigenvalue weighted by Crippen LogP contribution is 2.13. The molecular weight excluding hydrogens is 246 g/mol. The largest absolute Gasteiger partial charge is 0.508 e. The zero-order valence-electron chi connectivity index (χ0n) is 11.2. The van der Waals surface area contributed by atoms with Crippen LogP contribution in [0.15, 0.2) is 24.3 Å². The van der Waals surface area contributed by atoms with Crippen molar-refractivity contribution in [2.75, 3.05) is 19.1 Å². The van der Waals surface area contributed by atoms with Crippen molar-refractivity contribution >= 4 is 17.7 Å². The summed E-state index contributed by atoms with van der Waals surface area (Å²) in [4.78, 5) is 13.9. The Labute approximate surface area is 113 Å². The van der Waals surface area contributed by atoms with Gasteiger partial charge in [0.05, 0.1) is 6.42 Å². The van der Waals surface area contributed by atoms with Crippen molar-refractivity contribution in [2.45, 2.75) is 25.8 Å². The summed E-state index contributed by atoms with van der Waals surface area (Å²) in [5, 5.41) is 9.36. The molecular formula is C14H21NO2S. The Bertz CT molecular complexity index is 395. The van der Waals surface area contributed by atoms with Gasteiger partial charge in [0.2, 0.25) is 5.91 Å². The molecule has 0 radical (unpaired) electrons. The van der Waals surface area contributed by atoms with Crippen LogP contribution in [-0.4, -0.2) is 41.0 Å². The average Bonchev–Trinajstić information content (AvgIpc) is 2.35. The Kier molecular flexibility index (Phi) is 6.05. The van der Waals surface area contributed by atoms with E-state index in [1.807, 2.05) is 13.1 Å². The van der Waals surface area contributed by atoms with Crippen LogP contribution in [-0.2, 0) is 11.2 Å². The van der Waals surface area contributed by atoms with Gasteiger partial charge in [-0.05, 0) is 43.0 Å². The molecule has 0 aliphatic carbocycles. The molecule has 1 aromatic carbocycles. The van der Waals surface area contributed by atoms with Gasteiger partial charge in [-0.3, -0.25) is 4.79 Å². The van der Waals surface area contributed by atoms with E-state index >= 15 is 0 Å². The second-order valence-corrected chi connectivity index (χ2v) is 5.47. The number of thioether (sulfide) groups is 1. The lowest BCUT2D eigenvalue weighted by molar-refractivity contribution is -0.130. The SMILES string of the molecule is CSCC[C@@H](C)N(C)C(=O)Cc1cccc(O)c1. The van der Waals surface area contributed by atoms with E-state index in [0.717, 1.165) is 17.7 Å². The number of carbonyl (C=O) groups is 1. The molecule has 0 fully saturated rings. The van der Waals surface area contributed by atoms with E-state index in [2.05, 4.69) is 13.2 Å². The molecule has 0 saturated carbocycles. The van der Waals surface area contributed by atoms with Crippen molar-refractivity contribution in [3.05, 3.63) is 29.8 Å². The number of benzene rings is 1. The number of carbonyl (C=O) groups excluding carboxylic acids is 1. The smallest absolute Gasteiger partial charge is 0.226 e. The summed E-state index contributed by atoms with van der Waals surface area (Å²) in [6.45, 7) is 2.07. The normalized spacial score (nSPS) is 12.2. The third-order valence-corrected chi connectivity index (χ3v) is 3.70. The molecule has 3 nitrogen and oxygen atoms in total. The summed E-state index contributed by atoms with van der Waals surface area (Å²) in [6.07, 6.45) is 3.42. The highest BCUT2D eigenvalue weighted by Gasteiger charge is 2.15. The van der Waals surface area contributed by atoms with Crippen molar-refractivity contribution < 1.29 is 9.90 Å². The lowest BCUT2D eigenvalue weighted by atomic mass is 10.1. The standard InChI is InChI=1S/C14H21NO2S/c1-11(7-8-18-3)15(2)14(17)10-12-5-4-6-13(16)9-12/h4-6,9,11,16H,7-8,10H2,1-3H3/t11-/m1/s1. The van der Waals surface area contributed by atoms with Gasteiger partial charge in [-0.25, -0.2) is 0 Å². The predicted octanol–water partition coefficient (Wildman–Crippen LogP) is 2.53. The molecule has 0 unspecified atom stereocenters. The minimum absolute atomic E-state index is 0.0919. The quantitative estimate of drug-likeness (QED) is 0.861. The molecule has 1 atom stereocenters. The molecule has 0 spiro atoms. The Morgan fingerprint density at radius 2 is 2.22 bits per heavy atom. The van der Waals surface area contributed by atoms with Crippen molar-refractivity contribution in [2.24, 2.45) is 0 Å². The summed E-state index contributed by atoms with van der Waals surface area (Å²) in [7, 11) is 1.84. The number of phenolic OH excluding ortho intramolecular Hbond substituents is 1. The molecule has 100 valence electrons. The van der Waals surface area contributed by atoms with E-state index in [9.17, 15) is 9.90 Å². The van der Waals surface area contributed by atoms with Crippen molar-refractivity contribution in [3.63, 3.8) is 0 Å². The van der Waals surface area contributed by atoms with Crippen LogP contribution in [0.2, 0.25) is 0 Å². The van der Waals surface area contributed by atoms with Crippen LogP contribution >= 0.6 is 11.8 Å². The molecule has 1 N–H and O–H groups in total. The van der Waals surface area contributed by atoms with Crippen LogP contribution in [0.5, 0.6) is 5.75 Å². The third kappa shape index (κ3) is 4.61. The van der Waals surface area contributed by atoms with Gasteiger partial charge in [0.15, 0.2) is 0 Å². The number of amides is 1. The van der Waals surface area contributed by atoms with Gasteiger partial charge in [0, 0.05) is 13.1 Å². The topological polar surface area (TPSA) is 40.5 Å². The Hall–Kier alpha value is -1.16. The van der Waals surface area contributed by atoms with E-state index in [4.69, 9.17) is 0 Å². The average molecular weight is 267 g/mol. The Morgan fingerprint density at radius 1 is 1.50 bits per heavy atom. The van der Waals surface area contributed by atoms with Gasteiger partial charge >= 0.3 is 0 Å². The number of rotatable bonds is 6. The number of hydrogen-bond acceptors (Lipinski definition) is 3. The van der Waals surface area contributed by atoms with Gasteiger partial charge in [-0.15, -0.1) is 0 Å². The van der Waals surface area contributed by atoms with Gasteiger partial charge in [-0.1, -0.05) is 12.1 Å². The lowest BCUT2D eigenvalue weighted by Crippen LogP contribution is -2.36. The van der Waals surface area contributed by atoms with E-state index in [0.29, 0.717) is 6.42 Å². The zero-order chi connectivity index (χ0) is 13.5. The molecule has 0 saturated heterocycles. The predicted molar refractivity (Wildman–Crippen MR) is 77.0 cm³/mol. The van der Waals surface area contributed by atoms with Crippen molar-refractivity contribution in [1.82, 2.24) is 4.90 Å². The lowest BCUT2D eigenvalue weighted by Gasteiger charge is -2.25. The highest BCUT2D eigenvalue weighted by molar-refractivity contribution is 7.98. The van der Waals surface area contributed by atoms with Crippen LogP contribution < -0.4 is 0 Å². The summed E-state index contributed by atoms with van der Waals surface area (Å²) in [5.74, 6) is 1.36. The minimum Gasteiger partial charge on any atom is -0.508 e. The van der Waals surface area contributed by atoms with Crippen molar-refractivity contribution in [1.29, 1.82) is 0 Å². The summed E-state index contributed by atoms with van der Waals surface area (Å²) in [5.41, 5.74) is 0.851. The molecule has 1 amide bonds. The van der Waals surface area contributed by atoms with E-state index in [-0.39, 0.29) is 17.7 Å². The summed E-state index contributed by atoms with van der Waals surface area (Å²) < 4.78 is 0. The molecule has 1 aromatic rings. The first-order valence-corrected chi connectivity index (χ1v) is 7.46. The van der Waals surface area contributed by atoms with Crippen LogP contribution in [0.4, 0.5) is 0 Å². The molecule has 0 aliphatic rings. The number of phenols is 1. The van der Waals surface area contributed by atoms with Crippen molar-refractivity contribution in [3.8, 4) is 5.75 Å². The first-order valence-electron chi connectivity index (χ1n) is 6.07. The van der Waals surface area contributed by atoms with Crippen LogP contribution in [0.3, 0.4) is 0 Å². The van der Waals surface area contributed by atoms with Gasteiger partial charge in [0.1, 0.15) is 5.75 Å². The molecule has 4 heteroatoms. The Morgan fingerprint density at radius 3 is 2.83 bits per heavy atom. The summed E-state index contributed by atoms with van der Waals surface area (Å²) >= 11 is 1.79. The first kappa shape index (κ1) is 14.9. The summed E-state index contributed by atoms with van der Waals surface area (Å²) in [6, 6.07) is 7.12. The maximum absolute atomic E-state index is 12.1. The zero-order valence-corrected chi connectivity index (χ0v) is 12.0. The second-order valence-electron chi connectivity index (χ2n) is 4.48. The number of hydrogen-bond donors (Lipinski definition) is 1. The molecule has 0 bridgehead atoms. The molecule has 0 heterocycles. The fourth-order valence-electron chi connectivity index (χ4n) is 1.69. The van der Waals surface area contributed by atoms with Crippen LogP contribution in [0.1, 0.15) is 18.9 Å². The van der Waals surface area contributed by atoms with Gasteiger partial charge < -0.3 is 10.0 Å². The molecule has 1 rings (SSSR count). The van der Waals surface area contributed by atoms with E-state index in [1.54, 1.807) is 34.9 Å². The number of nitrogens with zero attached hydrogens (tertiary/aromatic N) is 1. The maximum Gasteiger partial charge on any atom is 0.226 e. The van der Waals surface area contributed by atoms with E-state index in [1.165, 1.54) is 0 Å². The van der Waals surface area contributed by atoms with E-state index < -0.39 is 0 Å². The molecule has 0 aliphatic heterocycles. The number of aromatic hydroxyl groups is 1. The molecule has 18 heavy (non-hydrogen) atoms. The molecule has 0 aromatic heterocycles. The van der Waals surface area contributed by atoms with Gasteiger partial charge in [-0.2, -0.15) is 11.8 Å². The monoisotopic (exact) mass is 267 g/mol. The fourth-order valence-corrected chi connectivity index (χ4v) is 2.27. The van der Waals surface area contributed by atoms with Crippen LogP contribution in [0.25, 0.3) is 0 Å². The fraction of sp³-hybridized carbons (Fsp3) is 0.500. The third-order valence-electron chi connectivity index (χ3n) is 3.06.